The van der Waals surface area contributed by atoms with E-state index in [0.29, 0.717) is 11.3 Å². The fourth-order valence-electron chi connectivity index (χ4n) is 2.73. The highest BCUT2D eigenvalue weighted by Gasteiger charge is 2.28. The van der Waals surface area contributed by atoms with Gasteiger partial charge in [-0.2, -0.15) is 5.26 Å². The first-order chi connectivity index (χ1) is 9.69. The number of fused-ring (bicyclic) bond motifs is 1. The molecule has 0 radical (unpaired) electrons. The minimum Gasteiger partial charge on any atom is -0.377 e. The summed E-state index contributed by atoms with van der Waals surface area (Å²) >= 11 is 0. The maximum atomic E-state index is 13.1. The van der Waals surface area contributed by atoms with Crippen LogP contribution in [0.1, 0.15) is 35.2 Å². The second kappa shape index (κ2) is 4.95. The zero-order valence-electron chi connectivity index (χ0n) is 10.8. The van der Waals surface area contributed by atoms with Crippen LogP contribution in [0, 0.1) is 17.1 Å². The smallest absolute Gasteiger partial charge is 0.124 e. The predicted molar refractivity (Wildman–Crippen MR) is 75.5 cm³/mol. The van der Waals surface area contributed by atoms with Gasteiger partial charge in [-0.25, -0.2) is 4.39 Å². The van der Waals surface area contributed by atoms with E-state index in [9.17, 15) is 4.39 Å². The molecule has 0 saturated carbocycles. The lowest BCUT2D eigenvalue weighted by molar-refractivity contribution is 0.626. The second-order valence-corrected chi connectivity index (χ2v) is 4.97. The summed E-state index contributed by atoms with van der Waals surface area (Å²) in [6.45, 7) is 0. The highest BCUT2D eigenvalue weighted by molar-refractivity contribution is 5.59. The average Bonchev–Trinajstić information content (AvgIpc) is 2.78. The molecule has 1 aliphatic carbocycles. The molecule has 0 aromatic heterocycles. The first-order valence-electron chi connectivity index (χ1n) is 6.49. The molecule has 0 spiro atoms. The van der Waals surface area contributed by atoms with Gasteiger partial charge in [-0.05, 0) is 35.7 Å². The Kier molecular flexibility index (Phi) is 3.13. The minimum atomic E-state index is -0.407. The third kappa shape index (κ3) is 2.13. The molecule has 3 rings (SSSR count). The van der Waals surface area contributed by atoms with Gasteiger partial charge in [0.05, 0.1) is 17.3 Å². The molecular formula is C16H14FN3. The molecule has 2 aromatic carbocycles. The Morgan fingerprint density at radius 3 is 2.70 bits per heavy atom. The van der Waals surface area contributed by atoms with E-state index in [2.05, 4.69) is 5.32 Å². The van der Waals surface area contributed by atoms with Gasteiger partial charge in [-0.1, -0.05) is 24.3 Å². The molecule has 0 fully saturated rings. The van der Waals surface area contributed by atoms with Crippen molar-refractivity contribution in [3.05, 3.63) is 65.0 Å². The quantitative estimate of drug-likeness (QED) is 0.878. The van der Waals surface area contributed by atoms with Crippen molar-refractivity contribution in [3.63, 3.8) is 0 Å². The van der Waals surface area contributed by atoms with Crippen molar-refractivity contribution < 1.29 is 4.39 Å². The van der Waals surface area contributed by atoms with Crippen molar-refractivity contribution in [2.75, 3.05) is 5.32 Å². The summed E-state index contributed by atoms with van der Waals surface area (Å²) in [5.74, 6) is -0.407. The topological polar surface area (TPSA) is 61.8 Å². The van der Waals surface area contributed by atoms with Crippen LogP contribution in [0.5, 0.6) is 0 Å². The Morgan fingerprint density at radius 2 is 1.95 bits per heavy atom. The van der Waals surface area contributed by atoms with Gasteiger partial charge in [-0.3, -0.25) is 0 Å². The molecule has 4 heteroatoms. The van der Waals surface area contributed by atoms with E-state index in [1.165, 1.54) is 12.1 Å². The number of anilines is 1. The summed E-state index contributed by atoms with van der Waals surface area (Å²) in [4.78, 5) is 0. The Hall–Kier alpha value is -2.38. The molecule has 2 unspecified atom stereocenters. The third-order valence-corrected chi connectivity index (χ3v) is 3.69. The van der Waals surface area contributed by atoms with Gasteiger partial charge in [0.25, 0.3) is 0 Å². The lowest BCUT2D eigenvalue weighted by Crippen LogP contribution is -2.10. The van der Waals surface area contributed by atoms with Crippen LogP contribution in [-0.2, 0) is 0 Å². The molecule has 2 atom stereocenters. The summed E-state index contributed by atoms with van der Waals surface area (Å²) in [5.41, 5.74) is 9.35. The van der Waals surface area contributed by atoms with Crippen LogP contribution in [0.2, 0.25) is 0 Å². The van der Waals surface area contributed by atoms with Crippen LogP contribution in [0.4, 0.5) is 10.1 Å². The average molecular weight is 267 g/mol. The number of nitrogens with one attached hydrogen (secondary N) is 1. The van der Waals surface area contributed by atoms with Gasteiger partial charge in [0.2, 0.25) is 0 Å². The van der Waals surface area contributed by atoms with Gasteiger partial charge in [0.15, 0.2) is 0 Å². The number of hydrogen-bond donors (Lipinski definition) is 2. The van der Waals surface area contributed by atoms with Gasteiger partial charge >= 0.3 is 0 Å². The molecule has 3 nitrogen and oxygen atoms in total. The van der Waals surface area contributed by atoms with Crippen LogP contribution in [-0.4, -0.2) is 0 Å². The van der Waals surface area contributed by atoms with Gasteiger partial charge in [0.1, 0.15) is 11.9 Å². The molecule has 0 aliphatic heterocycles. The van der Waals surface area contributed by atoms with Crippen LogP contribution < -0.4 is 11.1 Å². The summed E-state index contributed by atoms with van der Waals surface area (Å²) in [5, 5.41) is 12.4. The SMILES string of the molecule is N#Cc1cc(F)ccc1NC1CC(N)c2ccccc21. The van der Waals surface area contributed by atoms with Crippen molar-refractivity contribution in [1.82, 2.24) is 0 Å². The monoisotopic (exact) mass is 267 g/mol. The normalized spacial score (nSPS) is 20.2. The van der Waals surface area contributed by atoms with Crippen molar-refractivity contribution in [1.29, 1.82) is 5.26 Å². The van der Waals surface area contributed by atoms with Crippen LogP contribution in [0.3, 0.4) is 0 Å². The molecular weight excluding hydrogens is 253 g/mol. The van der Waals surface area contributed by atoms with E-state index in [0.717, 1.165) is 17.5 Å². The number of halogens is 1. The van der Waals surface area contributed by atoms with Crippen LogP contribution >= 0.6 is 0 Å². The first-order valence-corrected chi connectivity index (χ1v) is 6.49. The number of hydrogen-bond acceptors (Lipinski definition) is 3. The number of nitriles is 1. The van der Waals surface area contributed by atoms with Crippen molar-refractivity contribution in [3.8, 4) is 6.07 Å². The highest BCUT2D eigenvalue weighted by atomic mass is 19.1. The van der Waals surface area contributed by atoms with E-state index >= 15 is 0 Å². The standard InChI is InChI=1S/C16H14FN3/c17-11-5-6-15(10(7-11)9-18)20-16-8-14(19)12-3-1-2-4-13(12)16/h1-7,14,16,20H,8,19H2. The van der Waals surface area contributed by atoms with Crippen molar-refractivity contribution >= 4 is 5.69 Å². The second-order valence-electron chi connectivity index (χ2n) is 4.97. The fourth-order valence-corrected chi connectivity index (χ4v) is 2.73. The maximum absolute atomic E-state index is 13.1. The predicted octanol–water partition coefficient (Wildman–Crippen LogP) is 3.25. The summed E-state index contributed by atoms with van der Waals surface area (Å²) in [6.07, 6.45) is 0.765. The highest BCUT2D eigenvalue weighted by Crippen LogP contribution is 2.39. The largest absolute Gasteiger partial charge is 0.377 e. The molecule has 1 aliphatic rings. The van der Waals surface area contributed by atoms with Crippen LogP contribution in [0.25, 0.3) is 0 Å². The number of nitrogens with two attached hydrogens (primary N) is 1. The van der Waals surface area contributed by atoms with E-state index in [1.54, 1.807) is 6.07 Å². The first kappa shape index (κ1) is 12.6. The summed E-state index contributed by atoms with van der Waals surface area (Å²) < 4.78 is 13.1. The lowest BCUT2D eigenvalue weighted by Gasteiger charge is -2.16. The maximum Gasteiger partial charge on any atom is 0.124 e. The Labute approximate surface area is 116 Å². The Morgan fingerprint density at radius 1 is 1.20 bits per heavy atom. The zero-order chi connectivity index (χ0) is 14.1. The molecule has 100 valence electrons. The lowest BCUT2D eigenvalue weighted by atomic mass is 10.1. The summed E-state index contributed by atoms with van der Waals surface area (Å²) in [6, 6.07) is 14.3. The van der Waals surface area contributed by atoms with Crippen LogP contribution in [0.15, 0.2) is 42.5 Å². The van der Waals surface area contributed by atoms with Gasteiger partial charge < -0.3 is 11.1 Å². The molecule has 3 N–H and O–H groups in total. The number of nitrogens with zero attached hydrogens (tertiary/aromatic N) is 1. The van der Waals surface area contributed by atoms with Crippen molar-refractivity contribution in [2.24, 2.45) is 5.73 Å². The minimum absolute atomic E-state index is 0.00492. The van der Waals surface area contributed by atoms with E-state index < -0.39 is 5.82 Å². The number of benzene rings is 2. The molecule has 0 saturated heterocycles. The fraction of sp³-hybridized carbons (Fsp3) is 0.188. The number of rotatable bonds is 2. The zero-order valence-corrected chi connectivity index (χ0v) is 10.8. The molecule has 0 amide bonds. The van der Waals surface area contributed by atoms with Gasteiger partial charge in [-0.15, -0.1) is 0 Å². The molecule has 20 heavy (non-hydrogen) atoms. The van der Waals surface area contributed by atoms with Gasteiger partial charge in [0, 0.05) is 6.04 Å². The molecule has 2 aromatic rings. The third-order valence-electron chi connectivity index (χ3n) is 3.69. The van der Waals surface area contributed by atoms with E-state index in [4.69, 9.17) is 11.0 Å². The van der Waals surface area contributed by atoms with E-state index in [1.807, 2.05) is 30.3 Å². The Balaban J connectivity index is 1.92. The van der Waals surface area contributed by atoms with E-state index in [-0.39, 0.29) is 12.1 Å². The summed E-state index contributed by atoms with van der Waals surface area (Å²) in [7, 11) is 0. The Bertz CT molecular complexity index is 690. The van der Waals surface area contributed by atoms with Crippen molar-refractivity contribution in [2.45, 2.75) is 18.5 Å². The molecule has 0 heterocycles. The molecule has 0 bridgehead atoms.